The smallest absolute Gasteiger partial charge is 0.315 e. The standard InChI is InChI=1S/C9H16O3/c1-6(2)5-8(10)7(3)9(11)12-4/h6-7H,5H2,1-4H3. The maximum absolute atomic E-state index is 11.3. The zero-order valence-corrected chi connectivity index (χ0v) is 8.09. The van der Waals surface area contributed by atoms with E-state index in [0.717, 1.165) is 0 Å². The third-order valence-corrected chi connectivity index (χ3v) is 1.65. The highest BCUT2D eigenvalue weighted by atomic mass is 16.5. The molecule has 1 unspecified atom stereocenters. The largest absolute Gasteiger partial charge is 0.468 e. The van der Waals surface area contributed by atoms with Gasteiger partial charge in [0.1, 0.15) is 11.7 Å². The molecule has 0 bridgehead atoms. The summed E-state index contributed by atoms with van der Waals surface area (Å²) in [5.41, 5.74) is 0. The molecule has 0 rings (SSSR count). The number of ether oxygens (including phenoxy) is 1. The molecule has 0 spiro atoms. The second-order valence-corrected chi connectivity index (χ2v) is 3.31. The number of hydrogen-bond acceptors (Lipinski definition) is 3. The maximum Gasteiger partial charge on any atom is 0.315 e. The van der Waals surface area contributed by atoms with Crippen molar-refractivity contribution < 1.29 is 14.3 Å². The third-order valence-electron chi connectivity index (χ3n) is 1.65. The Labute approximate surface area is 73.1 Å². The molecule has 0 fully saturated rings. The van der Waals surface area contributed by atoms with Crippen LogP contribution in [-0.2, 0) is 14.3 Å². The number of methoxy groups -OCH3 is 1. The van der Waals surface area contributed by atoms with E-state index in [1.807, 2.05) is 13.8 Å². The lowest BCUT2D eigenvalue weighted by molar-refractivity contribution is -0.148. The molecule has 0 saturated carbocycles. The van der Waals surface area contributed by atoms with Crippen molar-refractivity contribution >= 4 is 11.8 Å². The summed E-state index contributed by atoms with van der Waals surface area (Å²) >= 11 is 0. The average Bonchev–Trinajstić information content (AvgIpc) is 2.00. The number of carbonyl (C=O) groups is 2. The molecular formula is C9H16O3. The lowest BCUT2D eigenvalue weighted by Crippen LogP contribution is -2.23. The number of carbonyl (C=O) groups excluding carboxylic acids is 2. The molecule has 0 aliphatic rings. The summed E-state index contributed by atoms with van der Waals surface area (Å²) in [6.07, 6.45) is 0.441. The minimum Gasteiger partial charge on any atom is -0.468 e. The SMILES string of the molecule is COC(=O)C(C)C(=O)CC(C)C. The van der Waals surface area contributed by atoms with Gasteiger partial charge in [-0.25, -0.2) is 0 Å². The van der Waals surface area contributed by atoms with Gasteiger partial charge >= 0.3 is 5.97 Å². The molecule has 70 valence electrons. The molecule has 0 saturated heterocycles. The van der Waals surface area contributed by atoms with Gasteiger partial charge in [-0.2, -0.15) is 0 Å². The Bertz CT molecular complexity index is 173. The molecular weight excluding hydrogens is 156 g/mol. The molecule has 0 heterocycles. The van der Waals surface area contributed by atoms with Crippen molar-refractivity contribution in [1.29, 1.82) is 0 Å². The van der Waals surface area contributed by atoms with Crippen molar-refractivity contribution in [2.75, 3.05) is 7.11 Å². The Morgan fingerprint density at radius 3 is 2.08 bits per heavy atom. The van der Waals surface area contributed by atoms with Crippen LogP contribution in [0, 0.1) is 11.8 Å². The molecule has 3 nitrogen and oxygen atoms in total. The van der Waals surface area contributed by atoms with Crippen LogP contribution in [0.3, 0.4) is 0 Å². The van der Waals surface area contributed by atoms with Gasteiger partial charge in [0.25, 0.3) is 0 Å². The van der Waals surface area contributed by atoms with Gasteiger partial charge in [0, 0.05) is 6.42 Å². The highest BCUT2D eigenvalue weighted by Crippen LogP contribution is 2.08. The fraction of sp³-hybridized carbons (Fsp3) is 0.778. The van der Waals surface area contributed by atoms with E-state index >= 15 is 0 Å². The second-order valence-electron chi connectivity index (χ2n) is 3.31. The van der Waals surface area contributed by atoms with E-state index in [0.29, 0.717) is 12.3 Å². The lowest BCUT2D eigenvalue weighted by atomic mass is 9.98. The van der Waals surface area contributed by atoms with Crippen LogP contribution in [0.15, 0.2) is 0 Å². The normalized spacial score (nSPS) is 12.8. The van der Waals surface area contributed by atoms with Crippen molar-refractivity contribution in [2.45, 2.75) is 27.2 Å². The van der Waals surface area contributed by atoms with E-state index in [1.54, 1.807) is 6.92 Å². The number of hydrogen-bond donors (Lipinski definition) is 0. The van der Waals surface area contributed by atoms with Crippen LogP contribution < -0.4 is 0 Å². The topological polar surface area (TPSA) is 43.4 Å². The van der Waals surface area contributed by atoms with Crippen molar-refractivity contribution in [2.24, 2.45) is 11.8 Å². The zero-order valence-electron chi connectivity index (χ0n) is 8.09. The molecule has 0 aromatic rings. The minimum atomic E-state index is -0.614. The predicted molar refractivity (Wildman–Crippen MR) is 45.6 cm³/mol. The van der Waals surface area contributed by atoms with Gasteiger partial charge in [0.2, 0.25) is 0 Å². The van der Waals surface area contributed by atoms with Crippen LogP contribution >= 0.6 is 0 Å². The van der Waals surface area contributed by atoms with Gasteiger partial charge < -0.3 is 4.74 Å². The van der Waals surface area contributed by atoms with Crippen molar-refractivity contribution in [1.82, 2.24) is 0 Å². The van der Waals surface area contributed by atoms with E-state index in [4.69, 9.17) is 0 Å². The second kappa shape index (κ2) is 4.91. The summed E-state index contributed by atoms with van der Waals surface area (Å²) in [7, 11) is 1.29. The van der Waals surface area contributed by atoms with Gasteiger partial charge in [-0.3, -0.25) is 9.59 Å². The molecule has 0 amide bonds. The van der Waals surface area contributed by atoms with Crippen LogP contribution in [0.5, 0.6) is 0 Å². The molecule has 1 atom stereocenters. The van der Waals surface area contributed by atoms with Gasteiger partial charge in [-0.05, 0) is 12.8 Å². The van der Waals surface area contributed by atoms with Crippen molar-refractivity contribution in [3.8, 4) is 0 Å². The average molecular weight is 172 g/mol. The first-order valence-corrected chi connectivity index (χ1v) is 4.09. The number of rotatable bonds is 4. The van der Waals surface area contributed by atoms with Crippen LogP contribution in [-0.4, -0.2) is 18.9 Å². The molecule has 0 aromatic heterocycles. The summed E-state index contributed by atoms with van der Waals surface area (Å²) < 4.78 is 4.45. The van der Waals surface area contributed by atoms with E-state index < -0.39 is 11.9 Å². The van der Waals surface area contributed by atoms with Gasteiger partial charge in [0.15, 0.2) is 0 Å². The van der Waals surface area contributed by atoms with Crippen LogP contribution in [0.25, 0.3) is 0 Å². The van der Waals surface area contributed by atoms with Crippen molar-refractivity contribution in [3.05, 3.63) is 0 Å². The third kappa shape index (κ3) is 3.51. The summed E-state index contributed by atoms with van der Waals surface area (Å²) in [6.45, 7) is 5.47. The molecule has 0 aliphatic carbocycles. The Balaban J connectivity index is 4.01. The Kier molecular flexibility index (Phi) is 4.55. The predicted octanol–water partition coefficient (Wildman–Crippen LogP) is 1.41. The van der Waals surface area contributed by atoms with Gasteiger partial charge in [-0.1, -0.05) is 13.8 Å². The van der Waals surface area contributed by atoms with Crippen LogP contribution in [0.2, 0.25) is 0 Å². The van der Waals surface area contributed by atoms with Crippen LogP contribution in [0.4, 0.5) is 0 Å². The van der Waals surface area contributed by atoms with Crippen molar-refractivity contribution in [3.63, 3.8) is 0 Å². The summed E-state index contributed by atoms with van der Waals surface area (Å²) in [5, 5.41) is 0. The zero-order chi connectivity index (χ0) is 9.72. The summed E-state index contributed by atoms with van der Waals surface area (Å²) in [5.74, 6) is -0.806. The minimum absolute atomic E-state index is 0.0446. The Morgan fingerprint density at radius 1 is 1.25 bits per heavy atom. The lowest BCUT2D eigenvalue weighted by Gasteiger charge is -2.09. The molecule has 0 N–H and O–H groups in total. The molecule has 3 heteroatoms. The van der Waals surface area contributed by atoms with E-state index in [2.05, 4.69) is 4.74 Å². The first kappa shape index (κ1) is 11.1. The Hall–Kier alpha value is -0.860. The fourth-order valence-corrected chi connectivity index (χ4v) is 0.887. The monoisotopic (exact) mass is 172 g/mol. The Morgan fingerprint density at radius 2 is 1.75 bits per heavy atom. The molecule has 12 heavy (non-hydrogen) atoms. The molecule has 0 aliphatic heterocycles. The quantitative estimate of drug-likeness (QED) is 0.475. The molecule has 0 aromatic carbocycles. The first-order chi connectivity index (χ1) is 5.49. The highest BCUT2D eigenvalue weighted by molar-refractivity contribution is 5.98. The number of esters is 1. The first-order valence-electron chi connectivity index (χ1n) is 4.09. The van der Waals surface area contributed by atoms with E-state index in [9.17, 15) is 9.59 Å². The van der Waals surface area contributed by atoms with Crippen LogP contribution in [0.1, 0.15) is 27.2 Å². The molecule has 0 radical (unpaired) electrons. The number of Topliss-reactive ketones (excluding diaryl/α,β-unsaturated/α-hetero) is 1. The fourth-order valence-electron chi connectivity index (χ4n) is 0.887. The number of ketones is 1. The van der Waals surface area contributed by atoms with E-state index in [-0.39, 0.29) is 5.78 Å². The van der Waals surface area contributed by atoms with Gasteiger partial charge in [0.05, 0.1) is 7.11 Å². The highest BCUT2D eigenvalue weighted by Gasteiger charge is 2.21. The van der Waals surface area contributed by atoms with Gasteiger partial charge in [-0.15, -0.1) is 0 Å². The summed E-state index contributed by atoms with van der Waals surface area (Å²) in [6, 6.07) is 0. The summed E-state index contributed by atoms with van der Waals surface area (Å²) in [4.78, 5) is 22.1. The maximum atomic E-state index is 11.3. The van der Waals surface area contributed by atoms with E-state index in [1.165, 1.54) is 7.11 Å².